The minimum Gasteiger partial charge on any atom is -0.489 e. The summed E-state index contributed by atoms with van der Waals surface area (Å²) in [5.41, 5.74) is 1.22. The van der Waals surface area contributed by atoms with Gasteiger partial charge in [-0.2, -0.15) is 5.26 Å². The molecule has 0 unspecified atom stereocenters. The number of carbonyl (C=O) groups excluding carboxylic acids is 1. The Morgan fingerprint density at radius 3 is 2.75 bits per heavy atom. The Hall–Kier alpha value is -3.44. The molecular formula is C20H16BrN3O4. The fourth-order valence-electron chi connectivity index (χ4n) is 2.31. The normalized spacial score (nSPS) is 10.7. The van der Waals surface area contributed by atoms with E-state index in [9.17, 15) is 20.2 Å². The largest absolute Gasteiger partial charge is 0.489 e. The zero-order chi connectivity index (χ0) is 20.7. The first-order chi connectivity index (χ1) is 13.3. The van der Waals surface area contributed by atoms with E-state index >= 15 is 0 Å². The van der Waals surface area contributed by atoms with Crippen LogP contribution in [-0.4, -0.2) is 17.4 Å². The minimum absolute atomic E-state index is 0.0790. The summed E-state index contributed by atoms with van der Waals surface area (Å²) in [6, 6.07) is 11.2. The Kier molecular flexibility index (Phi) is 7.07. The smallest absolute Gasteiger partial charge is 0.269 e. The van der Waals surface area contributed by atoms with Gasteiger partial charge in [-0.25, -0.2) is 0 Å². The van der Waals surface area contributed by atoms with Crippen LogP contribution in [0.2, 0.25) is 0 Å². The van der Waals surface area contributed by atoms with E-state index in [1.807, 2.05) is 6.07 Å². The summed E-state index contributed by atoms with van der Waals surface area (Å²) in [7, 11) is 0. The highest BCUT2D eigenvalue weighted by atomic mass is 79.9. The van der Waals surface area contributed by atoms with Crippen molar-refractivity contribution in [1.29, 1.82) is 5.26 Å². The Morgan fingerprint density at radius 1 is 1.39 bits per heavy atom. The first-order valence-corrected chi connectivity index (χ1v) is 8.86. The molecule has 0 heterocycles. The fraction of sp³-hybridized carbons (Fsp3) is 0.100. The lowest BCUT2D eigenvalue weighted by Crippen LogP contribution is -2.14. The SMILES string of the molecule is C=CCOc1ccc(Br)cc1C=C(C#N)C(=O)Nc1ccc([N+](=O)[O-])cc1C. The number of non-ortho nitro benzene ring substituents is 1. The third-order valence-corrected chi connectivity index (χ3v) is 4.16. The molecule has 2 aromatic rings. The molecule has 0 bridgehead atoms. The van der Waals surface area contributed by atoms with Crippen molar-refractivity contribution in [2.24, 2.45) is 0 Å². The first-order valence-electron chi connectivity index (χ1n) is 8.07. The van der Waals surface area contributed by atoms with Gasteiger partial charge in [0.15, 0.2) is 0 Å². The zero-order valence-corrected chi connectivity index (χ0v) is 16.5. The number of hydrogen-bond acceptors (Lipinski definition) is 5. The van der Waals surface area contributed by atoms with E-state index in [0.717, 1.165) is 4.47 Å². The molecule has 0 fully saturated rings. The van der Waals surface area contributed by atoms with Crippen LogP contribution >= 0.6 is 15.9 Å². The number of hydrogen-bond donors (Lipinski definition) is 1. The molecule has 0 saturated heterocycles. The molecule has 142 valence electrons. The average Bonchev–Trinajstić information content (AvgIpc) is 2.66. The molecule has 0 aliphatic rings. The Balaban J connectivity index is 2.31. The number of nitriles is 1. The van der Waals surface area contributed by atoms with Crippen LogP contribution in [0.5, 0.6) is 5.75 Å². The standard InChI is InChI=1S/C20H16BrN3O4/c1-3-8-28-19-7-4-16(21)11-14(19)10-15(12-22)20(25)23-18-6-5-17(24(26)27)9-13(18)2/h3-7,9-11H,1,8H2,2H3,(H,23,25). The van der Waals surface area contributed by atoms with E-state index in [1.165, 1.54) is 24.3 Å². The van der Waals surface area contributed by atoms with Gasteiger partial charge in [0.25, 0.3) is 11.6 Å². The van der Waals surface area contributed by atoms with Crippen molar-refractivity contribution in [3.63, 3.8) is 0 Å². The molecule has 0 aliphatic carbocycles. The molecule has 2 aromatic carbocycles. The van der Waals surface area contributed by atoms with Gasteiger partial charge >= 0.3 is 0 Å². The molecule has 0 atom stereocenters. The van der Waals surface area contributed by atoms with Crippen LogP contribution in [0.25, 0.3) is 6.08 Å². The van der Waals surface area contributed by atoms with Crippen LogP contribution in [0.4, 0.5) is 11.4 Å². The van der Waals surface area contributed by atoms with Crippen molar-refractivity contribution >= 4 is 39.3 Å². The monoisotopic (exact) mass is 441 g/mol. The highest BCUT2D eigenvalue weighted by Gasteiger charge is 2.14. The number of anilines is 1. The summed E-state index contributed by atoms with van der Waals surface area (Å²) in [5, 5.41) is 22.8. The van der Waals surface area contributed by atoms with Gasteiger partial charge in [0.1, 0.15) is 24.0 Å². The number of ether oxygens (including phenoxy) is 1. The minimum atomic E-state index is -0.630. The highest BCUT2D eigenvalue weighted by Crippen LogP contribution is 2.26. The molecule has 1 N–H and O–H groups in total. The van der Waals surface area contributed by atoms with Gasteiger partial charge in [0.2, 0.25) is 0 Å². The topological polar surface area (TPSA) is 105 Å². The van der Waals surface area contributed by atoms with E-state index in [-0.39, 0.29) is 17.9 Å². The number of halogens is 1. The van der Waals surface area contributed by atoms with Crippen molar-refractivity contribution in [3.8, 4) is 11.8 Å². The number of nitrogens with zero attached hydrogens (tertiary/aromatic N) is 2. The summed E-state index contributed by atoms with van der Waals surface area (Å²) in [6.45, 7) is 5.50. The van der Waals surface area contributed by atoms with Crippen molar-refractivity contribution < 1.29 is 14.5 Å². The maximum atomic E-state index is 12.5. The van der Waals surface area contributed by atoms with Crippen LogP contribution in [0.3, 0.4) is 0 Å². The van der Waals surface area contributed by atoms with Gasteiger partial charge in [0, 0.05) is 27.9 Å². The Labute approximate surface area is 170 Å². The Bertz CT molecular complexity index is 1010. The van der Waals surface area contributed by atoms with E-state index in [1.54, 1.807) is 31.2 Å². The van der Waals surface area contributed by atoms with Crippen molar-refractivity contribution in [2.75, 3.05) is 11.9 Å². The van der Waals surface area contributed by atoms with Crippen molar-refractivity contribution in [1.82, 2.24) is 0 Å². The first kappa shape index (κ1) is 20.9. The quantitative estimate of drug-likeness (QED) is 0.219. The molecule has 0 spiro atoms. The number of nitrogens with one attached hydrogen (secondary N) is 1. The molecule has 28 heavy (non-hydrogen) atoms. The molecule has 8 heteroatoms. The number of benzene rings is 2. The molecule has 0 aromatic heterocycles. The summed E-state index contributed by atoms with van der Waals surface area (Å²) in [4.78, 5) is 22.8. The fourth-order valence-corrected chi connectivity index (χ4v) is 2.69. The molecule has 0 aliphatic heterocycles. The van der Waals surface area contributed by atoms with Crippen LogP contribution < -0.4 is 10.1 Å². The lowest BCUT2D eigenvalue weighted by molar-refractivity contribution is -0.384. The average molecular weight is 442 g/mol. The van der Waals surface area contributed by atoms with Gasteiger partial charge in [-0.05, 0) is 42.8 Å². The lowest BCUT2D eigenvalue weighted by atomic mass is 10.1. The van der Waals surface area contributed by atoms with Crippen LogP contribution in [0.15, 0.2) is 59.1 Å². The predicted octanol–water partition coefficient (Wildman–Crippen LogP) is 4.78. The van der Waals surface area contributed by atoms with Crippen LogP contribution in [0.1, 0.15) is 11.1 Å². The molecule has 1 amide bonds. The number of nitro groups is 1. The van der Waals surface area contributed by atoms with E-state index in [4.69, 9.17) is 4.74 Å². The summed E-state index contributed by atoms with van der Waals surface area (Å²) in [6.07, 6.45) is 3.00. The highest BCUT2D eigenvalue weighted by molar-refractivity contribution is 9.10. The van der Waals surface area contributed by atoms with E-state index < -0.39 is 10.8 Å². The van der Waals surface area contributed by atoms with Crippen LogP contribution in [-0.2, 0) is 4.79 Å². The van der Waals surface area contributed by atoms with Crippen molar-refractivity contribution in [3.05, 3.63) is 80.3 Å². The third-order valence-electron chi connectivity index (χ3n) is 3.66. The third kappa shape index (κ3) is 5.28. The second-order valence-electron chi connectivity index (χ2n) is 5.66. The maximum absolute atomic E-state index is 12.5. The summed E-state index contributed by atoms with van der Waals surface area (Å²) in [5.74, 6) is -0.135. The van der Waals surface area contributed by atoms with Gasteiger partial charge in [0.05, 0.1) is 4.92 Å². The van der Waals surface area contributed by atoms with Crippen LogP contribution in [0, 0.1) is 28.4 Å². The number of amides is 1. The predicted molar refractivity (Wildman–Crippen MR) is 110 cm³/mol. The lowest BCUT2D eigenvalue weighted by Gasteiger charge is -2.10. The van der Waals surface area contributed by atoms with Crippen molar-refractivity contribution in [2.45, 2.75) is 6.92 Å². The number of rotatable bonds is 7. The number of nitro benzene ring substituents is 1. The molecule has 7 nitrogen and oxygen atoms in total. The second-order valence-corrected chi connectivity index (χ2v) is 6.58. The van der Waals surface area contributed by atoms with Gasteiger partial charge in [-0.1, -0.05) is 28.6 Å². The maximum Gasteiger partial charge on any atom is 0.269 e. The number of aryl methyl sites for hydroxylation is 1. The zero-order valence-electron chi connectivity index (χ0n) is 14.9. The summed E-state index contributed by atoms with van der Waals surface area (Å²) < 4.78 is 6.31. The summed E-state index contributed by atoms with van der Waals surface area (Å²) >= 11 is 3.35. The van der Waals surface area contributed by atoms with Gasteiger partial charge < -0.3 is 10.1 Å². The second kappa shape index (κ2) is 9.48. The Morgan fingerprint density at radius 2 is 2.14 bits per heavy atom. The molecule has 0 saturated carbocycles. The molecule has 2 rings (SSSR count). The molecule has 0 radical (unpaired) electrons. The molecular weight excluding hydrogens is 426 g/mol. The van der Waals surface area contributed by atoms with E-state index in [0.29, 0.717) is 22.6 Å². The number of carbonyl (C=O) groups is 1. The van der Waals surface area contributed by atoms with Gasteiger partial charge in [-0.15, -0.1) is 0 Å². The van der Waals surface area contributed by atoms with Gasteiger partial charge in [-0.3, -0.25) is 14.9 Å². The van der Waals surface area contributed by atoms with E-state index in [2.05, 4.69) is 27.8 Å².